The van der Waals surface area contributed by atoms with Gasteiger partial charge in [-0.05, 0) is 41.3 Å². The molecule has 0 aromatic rings. The van der Waals surface area contributed by atoms with Gasteiger partial charge in [-0.1, -0.05) is 0 Å². The Labute approximate surface area is 75.5 Å². The van der Waals surface area contributed by atoms with Crippen LogP contribution in [0.4, 0.5) is 0 Å². The van der Waals surface area contributed by atoms with E-state index in [2.05, 4.69) is 44.7 Å². The van der Waals surface area contributed by atoms with Crippen molar-refractivity contribution in [3.05, 3.63) is 0 Å². The van der Waals surface area contributed by atoms with E-state index in [9.17, 15) is 0 Å². The highest BCUT2D eigenvalue weighted by Gasteiger charge is 2.61. The van der Waals surface area contributed by atoms with Crippen molar-refractivity contribution in [2.45, 2.75) is 44.3 Å². The minimum Gasteiger partial charge on any atom is -0.298 e. The zero-order chi connectivity index (χ0) is 9.15. The van der Waals surface area contributed by atoms with Crippen LogP contribution in [0.3, 0.4) is 0 Å². The van der Waals surface area contributed by atoms with Crippen molar-refractivity contribution in [3.63, 3.8) is 0 Å². The molecule has 0 N–H and O–H groups in total. The highest BCUT2D eigenvalue weighted by atomic mass is 15.4. The molecule has 1 aliphatic carbocycles. The summed E-state index contributed by atoms with van der Waals surface area (Å²) in [5, 5.41) is 0. The second-order valence-corrected chi connectivity index (χ2v) is 5.36. The Morgan fingerprint density at radius 2 is 1.75 bits per heavy atom. The van der Waals surface area contributed by atoms with Crippen LogP contribution in [0.2, 0.25) is 0 Å². The Bertz CT molecular complexity index is 212. The molecule has 2 aliphatic rings. The smallest absolute Gasteiger partial charge is 0.0350 e. The van der Waals surface area contributed by atoms with Gasteiger partial charge in [-0.3, -0.25) is 9.80 Å². The molecule has 2 rings (SSSR count). The van der Waals surface area contributed by atoms with Crippen LogP contribution in [-0.2, 0) is 0 Å². The first kappa shape index (κ1) is 8.52. The van der Waals surface area contributed by atoms with E-state index < -0.39 is 0 Å². The van der Waals surface area contributed by atoms with Crippen LogP contribution >= 0.6 is 0 Å². The third-order valence-corrected chi connectivity index (χ3v) is 4.08. The molecule has 2 nitrogen and oxygen atoms in total. The van der Waals surface area contributed by atoms with Gasteiger partial charge in [0.15, 0.2) is 0 Å². The van der Waals surface area contributed by atoms with E-state index in [0.717, 1.165) is 6.04 Å². The molecule has 0 bridgehead atoms. The number of piperazine rings is 1. The van der Waals surface area contributed by atoms with E-state index in [1.807, 2.05) is 0 Å². The molecule has 1 aliphatic heterocycles. The van der Waals surface area contributed by atoms with Gasteiger partial charge < -0.3 is 0 Å². The van der Waals surface area contributed by atoms with Gasteiger partial charge in [-0.2, -0.15) is 0 Å². The van der Waals surface area contributed by atoms with Crippen molar-refractivity contribution < 1.29 is 0 Å². The molecule has 12 heavy (non-hydrogen) atoms. The molecule has 1 saturated carbocycles. The van der Waals surface area contributed by atoms with Crippen LogP contribution in [0.25, 0.3) is 0 Å². The lowest BCUT2D eigenvalue weighted by Crippen LogP contribution is -2.59. The SMILES string of the molecule is CN1C2CC2(C)N(C)CC1(C)C. The summed E-state index contributed by atoms with van der Waals surface area (Å²) >= 11 is 0. The van der Waals surface area contributed by atoms with E-state index in [1.165, 1.54) is 13.0 Å². The van der Waals surface area contributed by atoms with Crippen LogP contribution in [0.5, 0.6) is 0 Å². The molecule has 2 atom stereocenters. The Balaban J connectivity index is 2.22. The normalized spacial score (nSPS) is 47.2. The average molecular weight is 168 g/mol. The molecule has 70 valence electrons. The first-order valence-corrected chi connectivity index (χ1v) is 4.82. The van der Waals surface area contributed by atoms with E-state index in [-0.39, 0.29) is 0 Å². The molecule has 0 radical (unpaired) electrons. The Morgan fingerprint density at radius 3 is 2.33 bits per heavy atom. The number of fused-ring (bicyclic) bond motifs is 1. The molecule has 0 amide bonds. The highest BCUT2D eigenvalue weighted by Crippen LogP contribution is 2.50. The molecule has 2 heteroatoms. The molecular formula is C10H20N2. The van der Waals surface area contributed by atoms with Crippen molar-refractivity contribution in [3.8, 4) is 0 Å². The van der Waals surface area contributed by atoms with Crippen LogP contribution in [0.15, 0.2) is 0 Å². The maximum absolute atomic E-state index is 2.55. The standard InChI is InChI=1S/C10H20N2/c1-9(2)7-11(4)10(3)6-8(10)12(9)5/h8H,6-7H2,1-5H3. The average Bonchev–Trinajstić information content (AvgIpc) is 2.60. The molecule has 2 fully saturated rings. The minimum absolute atomic E-state index is 0.357. The molecule has 0 aromatic heterocycles. The van der Waals surface area contributed by atoms with Gasteiger partial charge in [-0.15, -0.1) is 0 Å². The molecular weight excluding hydrogens is 148 g/mol. The largest absolute Gasteiger partial charge is 0.298 e. The third kappa shape index (κ3) is 0.882. The van der Waals surface area contributed by atoms with Gasteiger partial charge in [0.05, 0.1) is 0 Å². The summed E-state index contributed by atoms with van der Waals surface area (Å²) < 4.78 is 0. The van der Waals surface area contributed by atoms with Crippen LogP contribution in [-0.4, -0.2) is 47.6 Å². The molecule has 0 spiro atoms. The number of hydrogen-bond donors (Lipinski definition) is 0. The summed E-state index contributed by atoms with van der Waals surface area (Å²) in [6.07, 6.45) is 1.35. The fraction of sp³-hybridized carbons (Fsp3) is 1.00. The lowest BCUT2D eigenvalue weighted by Gasteiger charge is -2.47. The van der Waals surface area contributed by atoms with Gasteiger partial charge >= 0.3 is 0 Å². The van der Waals surface area contributed by atoms with Crippen LogP contribution in [0, 0.1) is 0 Å². The second kappa shape index (κ2) is 2.05. The summed E-state index contributed by atoms with van der Waals surface area (Å²) in [6, 6.07) is 0.797. The van der Waals surface area contributed by atoms with Gasteiger partial charge in [0.2, 0.25) is 0 Å². The van der Waals surface area contributed by atoms with Crippen molar-refractivity contribution in [1.29, 1.82) is 0 Å². The number of nitrogens with zero attached hydrogens (tertiary/aromatic N) is 2. The summed E-state index contributed by atoms with van der Waals surface area (Å²) in [7, 11) is 4.53. The zero-order valence-corrected chi connectivity index (χ0v) is 8.89. The monoisotopic (exact) mass is 168 g/mol. The number of hydrogen-bond acceptors (Lipinski definition) is 2. The van der Waals surface area contributed by atoms with E-state index in [0.29, 0.717) is 11.1 Å². The summed E-state index contributed by atoms with van der Waals surface area (Å²) in [5.74, 6) is 0. The van der Waals surface area contributed by atoms with Crippen LogP contribution < -0.4 is 0 Å². The number of rotatable bonds is 0. The summed E-state index contributed by atoms with van der Waals surface area (Å²) in [5.41, 5.74) is 0.847. The van der Waals surface area contributed by atoms with E-state index in [1.54, 1.807) is 0 Å². The lowest BCUT2D eigenvalue weighted by atomic mass is 9.97. The molecule has 2 unspecified atom stereocenters. The van der Waals surface area contributed by atoms with Crippen molar-refractivity contribution in [1.82, 2.24) is 9.80 Å². The Hall–Kier alpha value is -0.0800. The van der Waals surface area contributed by atoms with Crippen molar-refractivity contribution in [2.24, 2.45) is 0 Å². The predicted octanol–water partition coefficient (Wildman–Crippen LogP) is 1.17. The van der Waals surface area contributed by atoms with Crippen molar-refractivity contribution in [2.75, 3.05) is 20.6 Å². The zero-order valence-electron chi connectivity index (χ0n) is 8.89. The summed E-state index contributed by atoms with van der Waals surface area (Å²) in [6.45, 7) is 8.24. The van der Waals surface area contributed by atoms with Crippen molar-refractivity contribution >= 4 is 0 Å². The number of likely N-dealkylation sites (N-methyl/N-ethyl adjacent to an activating group) is 2. The van der Waals surface area contributed by atoms with E-state index in [4.69, 9.17) is 0 Å². The van der Waals surface area contributed by atoms with Gasteiger partial charge in [-0.25, -0.2) is 0 Å². The second-order valence-electron chi connectivity index (χ2n) is 5.36. The first-order valence-electron chi connectivity index (χ1n) is 4.82. The fourth-order valence-electron chi connectivity index (χ4n) is 2.59. The minimum atomic E-state index is 0.357. The van der Waals surface area contributed by atoms with Gasteiger partial charge in [0.25, 0.3) is 0 Å². The molecule has 0 aromatic carbocycles. The quantitative estimate of drug-likeness (QED) is 0.536. The first-order chi connectivity index (χ1) is 5.38. The summed E-state index contributed by atoms with van der Waals surface area (Å²) in [4.78, 5) is 5.07. The molecule has 1 saturated heterocycles. The predicted molar refractivity (Wildman–Crippen MR) is 51.3 cm³/mol. The van der Waals surface area contributed by atoms with E-state index >= 15 is 0 Å². The molecule has 1 heterocycles. The Kier molecular flexibility index (Phi) is 1.45. The maximum Gasteiger partial charge on any atom is 0.0350 e. The maximum atomic E-state index is 2.55. The Morgan fingerprint density at radius 1 is 1.17 bits per heavy atom. The van der Waals surface area contributed by atoms with Gasteiger partial charge in [0, 0.05) is 23.7 Å². The van der Waals surface area contributed by atoms with Gasteiger partial charge in [0.1, 0.15) is 0 Å². The van der Waals surface area contributed by atoms with Crippen LogP contribution in [0.1, 0.15) is 27.2 Å². The third-order valence-electron chi connectivity index (χ3n) is 4.08. The fourth-order valence-corrected chi connectivity index (χ4v) is 2.59. The topological polar surface area (TPSA) is 6.48 Å². The highest BCUT2D eigenvalue weighted by molar-refractivity contribution is 5.19. The lowest BCUT2D eigenvalue weighted by molar-refractivity contribution is 0.0181.